The lowest BCUT2D eigenvalue weighted by molar-refractivity contribution is 0.935. The molecule has 0 unspecified atom stereocenters. The molecule has 1 aromatic rings. The molecule has 0 radical (unpaired) electrons. The molecule has 0 heterocycles. The van der Waals surface area contributed by atoms with Crippen molar-refractivity contribution in [2.45, 2.75) is 12.8 Å². The van der Waals surface area contributed by atoms with Gasteiger partial charge in [0.1, 0.15) is 0 Å². The highest BCUT2D eigenvalue weighted by molar-refractivity contribution is 7.80. The first-order valence-electron chi connectivity index (χ1n) is 5.43. The molecule has 0 saturated heterocycles. The van der Waals surface area contributed by atoms with Crippen molar-refractivity contribution in [3.05, 3.63) is 35.9 Å². The van der Waals surface area contributed by atoms with E-state index in [1.54, 1.807) is 7.05 Å². The first-order valence-corrected chi connectivity index (χ1v) is 6.38. The van der Waals surface area contributed by atoms with E-state index in [0.717, 1.165) is 24.1 Å². The highest BCUT2D eigenvalue weighted by Crippen LogP contribution is 2.06. The molecule has 0 fully saturated rings. The second-order valence-corrected chi connectivity index (χ2v) is 4.19. The number of alkyl halides is 1. The molecule has 1 aromatic carbocycles. The van der Waals surface area contributed by atoms with E-state index in [-0.39, 0.29) is 0 Å². The Balaban J connectivity index is 2.76. The van der Waals surface area contributed by atoms with Gasteiger partial charge >= 0.3 is 0 Å². The average molecular weight is 270 g/mol. The van der Waals surface area contributed by atoms with Crippen LogP contribution in [-0.2, 0) is 0 Å². The average Bonchev–Trinajstić information content (AvgIpc) is 2.39. The Kier molecular flexibility index (Phi) is 6.58. The smallest absolute Gasteiger partial charge is 0.186 e. The maximum absolute atomic E-state index is 5.71. The number of hydrogen-bond acceptors (Lipinski definition) is 2. The lowest BCUT2D eigenvalue weighted by Gasteiger charge is -2.07. The van der Waals surface area contributed by atoms with Gasteiger partial charge in [-0.25, -0.2) is 0 Å². The summed E-state index contributed by atoms with van der Waals surface area (Å²) in [5.74, 6) is 0.627. The van der Waals surface area contributed by atoms with Gasteiger partial charge in [-0.2, -0.15) is 5.10 Å². The Hall–Kier alpha value is -1.13. The van der Waals surface area contributed by atoms with Gasteiger partial charge in [0.15, 0.2) is 5.11 Å². The van der Waals surface area contributed by atoms with Crippen molar-refractivity contribution in [1.82, 2.24) is 10.7 Å². The molecular formula is C12H16ClN3S. The minimum Gasteiger partial charge on any atom is -0.364 e. The third-order valence-corrected chi connectivity index (χ3v) is 2.74. The van der Waals surface area contributed by atoms with Crippen LogP contribution in [0.2, 0.25) is 0 Å². The first kappa shape index (κ1) is 13.9. The topological polar surface area (TPSA) is 36.4 Å². The summed E-state index contributed by atoms with van der Waals surface area (Å²) in [7, 11) is 1.76. The molecule has 92 valence electrons. The first-order chi connectivity index (χ1) is 8.27. The number of nitrogens with zero attached hydrogens (tertiary/aromatic N) is 1. The molecular weight excluding hydrogens is 254 g/mol. The van der Waals surface area contributed by atoms with Crippen molar-refractivity contribution >= 4 is 34.6 Å². The van der Waals surface area contributed by atoms with Gasteiger partial charge in [0.25, 0.3) is 0 Å². The van der Waals surface area contributed by atoms with Crippen molar-refractivity contribution < 1.29 is 0 Å². The monoisotopic (exact) mass is 269 g/mol. The summed E-state index contributed by atoms with van der Waals surface area (Å²) in [6.07, 6.45) is 1.72. The van der Waals surface area contributed by atoms with Gasteiger partial charge in [0.2, 0.25) is 0 Å². The van der Waals surface area contributed by atoms with Crippen molar-refractivity contribution in [2.24, 2.45) is 5.10 Å². The number of hydrogen-bond donors (Lipinski definition) is 2. The van der Waals surface area contributed by atoms with E-state index in [0.29, 0.717) is 11.0 Å². The van der Waals surface area contributed by atoms with Crippen LogP contribution in [0.25, 0.3) is 0 Å². The van der Waals surface area contributed by atoms with Crippen LogP contribution in [0.1, 0.15) is 18.4 Å². The fraction of sp³-hybridized carbons (Fsp3) is 0.333. The Morgan fingerprint density at radius 3 is 2.65 bits per heavy atom. The number of rotatable bonds is 5. The molecule has 5 heteroatoms. The van der Waals surface area contributed by atoms with Crippen LogP contribution in [-0.4, -0.2) is 23.8 Å². The Bertz CT molecular complexity index is 379. The van der Waals surface area contributed by atoms with Gasteiger partial charge in [0, 0.05) is 12.9 Å². The fourth-order valence-corrected chi connectivity index (χ4v) is 1.48. The molecule has 0 atom stereocenters. The lowest BCUT2D eigenvalue weighted by Crippen LogP contribution is -2.29. The van der Waals surface area contributed by atoms with Gasteiger partial charge < -0.3 is 5.32 Å². The van der Waals surface area contributed by atoms with E-state index < -0.39 is 0 Å². The van der Waals surface area contributed by atoms with Gasteiger partial charge in [-0.05, 0) is 30.6 Å². The summed E-state index contributed by atoms with van der Waals surface area (Å²) in [6.45, 7) is 0. The minimum absolute atomic E-state index is 0.504. The van der Waals surface area contributed by atoms with Crippen molar-refractivity contribution in [2.75, 3.05) is 12.9 Å². The standard InChI is InChI=1S/C12H16ClN3S/c1-14-12(17)16-15-11(8-5-9-13)10-6-3-2-4-7-10/h2-4,6-7H,5,8-9H2,1H3,(H2,14,16,17). The summed E-state index contributed by atoms with van der Waals surface area (Å²) >= 11 is 10.7. The Morgan fingerprint density at radius 2 is 2.06 bits per heavy atom. The van der Waals surface area contributed by atoms with E-state index in [1.807, 2.05) is 30.3 Å². The van der Waals surface area contributed by atoms with Crippen LogP contribution in [0.5, 0.6) is 0 Å². The molecule has 0 aliphatic carbocycles. The number of nitrogens with one attached hydrogen (secondary N) is 2. The highest BCUT2D eigenvalue weighted by atomic mass is 35.5. The zero-order chi connectivity index (χ0) is 12.5. The van der Waals surface area contributed by atoms with Crippen LogP contribution < -0.4 is 10.7 Å². The van der Waals surface area contributed by atoms with E-state index in [9.17, 15) is 0 Å². The molecule has 0 saturated carbocycles. The molecule has 0 aromatic heterocycles. The van der Waals surface area contributed by atoms with Gasteiger partial charge in [-0.1, -0.05) is 30.3 Å². The number of benzene rings is 1. The van der Waals surface area contributed by atoms with E-state index in [4.69, 9.17) is 23.8 Å². The van der Waals surface area contributed by atoms with E-state index in [1.165, 1.54) is 0 Å². The summed E-state index contributed by atoms with van der Waals surface area (Å²) in [4.78, 5) is 0. The summed E-state index contributed by atoms with van der Waals surface area (Å²) in [6, 6.07) is 10.0. The predicted molar refractivity (Wildman–Crippen MR) is 77.7 cm³/mol. The van der Waals surface area contributed by atoms with E-state index in [2.05, 4.69) is 15.8 Å². The summed E-state index contributed by atoms with van der Waals surface area (Å²) < 4.78 is 0. The zero-order valence-corrected chi connectivity index (χ0v) is 11.3. The normalized spacial score (nSPS) is 11.1. The van der Waals surface area contributed by atoms with Crippen LogP contribution in [0.3, 0.4) is 0 Å². The maximum atomic E-state index is 5.71. The molecule has 0 spiro atoms. The highest BCUT2D eigenvalue weighted by Gasteiger charge is 2.03. The molecule has 17 heavy (non-hydrogen) atoms. The third-order valence-electron chi connectivity index (χ3n) is 2.17. The molecule has 2 N–H and O–H groups in total. The largest absolute Gasteiger partial charge is 0.364 e. The Morgan fingerprint density at radius 1 is 1.35 bits per heavy atom. The van der Waals surface area contributed by atoms with Gasteiger partial charge in [-0.15, -0.1) is 11.6 Å². The number of thiocarbonyl (C=S) groups is 1. The molecule has 1 rings (SSSR count). The number of hydrazone groups is 1. The van der Waals surface area contributed by atoms with Crippen molar-refractivity contribution in [1.29, 1.82) is 0 Å². The predicted octanol–water partition coefficient (Wildman–Crippen LogP) is 2.50. The molecule has 3 nitrogen and oxygen atoms in total. The molecule has 0 amide bonds. The maximum Gasteiger partial charge on any atom is 0.186 e. The zero-order valence-electron chi connectivity index (χ0n) is 9.74. The summed E-state index contributed by atoms with van der Waals surface area (Å²) in [5.41, 5.74) is 4.85. The SMILES string of the molecule is CNC(=S)NN=C(CCCCl)c1ccccc1. The molecule has 0 bridgehead atoms. The van der Waals surface area contributed by atoms with E-state index >= 15 is 0 Å². The third kappa shape index (κ3) is 5.15. The van der Waals surface area contributed by atoms with Crippen LogP contribution in [0.15, 0.2) is 35.4 Å². The van der Waals surface area contributed by atoms with Crippen LogP contribution in [0.4, 0.5) is 0 Å². The second kappa shape index (κ2) is 8.03. The van der Waals surface area contributed by atoms with Crippen molar-refractivity contribution in [3.63, 3.8) is 0 Å². The number of halogens is 1. The molecule has 0 aliphatic rings. The van der Waals surface area contributed by atoms with Crippen LogP contribution >= 0.6 is 23.8 Å². The van der Waals surface area contributed by atoms with Gasteiger partial charge in [0.05, 0.1) is 5.71 Å². The minimum atomic E-state index is 0.504. The second-order valence-electron chi connectivity index (χ2n) is 3.41. The lowest BCUT2D eigenvalue weighted by atomic mass is 10.1. The van der Waals surface area contributed by atoms with Gasteiger partial charge in [-0.3, -0.25) is 5.43 Å². The molecule has 0 aliphatic heterocycles. The van der Waals surface area contributed by atoms with Crippen LogP contribution in [0, 0.1) is 0 Å². The Labute approximate surface area is 112 Å². The summed E-state index contributed by atoms with van der Waals surface area (Å²) in [5, 5.41) is 7.63. The fourth-order valence-electron chi connectivity index (χ4n) is 1.30. The van der Waals surface area contributed by atoms with Crippen molar-refractivity contribution in [3.8, 4) is 0 Å². The quantitative estimate of drug-likeness (QED) is 0.373.